The first kappa shape index (κ1) is 15.7. The lowest BCUT2D eigenvalue weighted by Gasteiger charge is -2.26. The van der Waals surface area contributed by atoms with Gasteiger partial charge in [-0.3, -0.25) is 4.79 Å². The highest BCUT2D eigenvalue weighted by atomic mass is 35.5. The Kier molecular flexibility index (Phi) is 4.80. The summed E-state index contributed by atoms with van der Waals surface area (Å²) < 4.78 is 0. The van der Waals surface area contributed by atoms with Gasteiger partial charge in [0.1, 0.15) is 5.69 Å². The summed E-state index contributed by atoms with van der Waals surface area (Å²) in [4.78, 5) is 18.7. The van der Waals surface area contributed by atoms with E-state index in [-0.39, 0.29) is 24.4 Å². The molecule has 1 saturated carbocycles. The van der Waals surface area contributed by atoms with E-state index in [1.54, 1.807) is 11.0 Å². The summed E-state index contributed by atoms with van der Waals surface area (Å²) in [5.41, 5.74) is 7.15. The van der Waals surface area contributed by atoms with Gasteiger partial charge in [-0.2, -0.15) is 0 Å². The van der Waals surface area contributed by atoms with Gasteiger partial charge >= 0.3 is 0 Å². The summed E-state index contributed by atoms with van der Waals surface area (Å²) >= 11 is 0. The van der Waals surface area contributed by atoms with E-state index in [9.17, 15) is 4.79 Å². The average Bonchev–Trinajstić information content (AvgIpc) is 3.31. The van der Waals surface area contributed by atoms with Gasteiger partial charge in [-0.15, -0.1) is 12.4 Å². The molecule has 2 N–H and O–H groups in total. The van der Waals surface area contributed by atoms with Gasteiger partial charge in [-0.1, -0.05) is 24.3 Å². The van der Waals surface area contributed by atoms with E-state index in [1.807, 2.05) is 37.4 Å². The lowest BCUT2D eigenvalue weighted by atomic mass is 10.1. The summed E-state index contributed by atoms with van der Waals surface area (Å²) in [5.74, 6) is 0.521. The molecule has 1 aliphatic rings. The van der Waals surface area contributed by atoms with Crippen molar-refractivity contribution in [2.75, 3.05) is 13.6 Å². The van der Waals surface area contributed by atoms with Crippen LogP contribution >= 0.6 is 12.4 Å². The van der Waals surface area contributed by atoms with Crippen molar-refractivity contribution in [3.8, 4) is 0 Å². The zero-order chi connectivity index (χ0) is 14.1. The molecule has 1 aromatic heterocycles. The van der Waals surface area contributed by atoms with Gasteiger partial charge in [0.05, 0.1) is 5.52 Å². The SMILES string of the molecule is CN(C(=O)c1ccc2ccccc2n1)C(CN)C1CC1.Cl. The Balaban J connectivity index is 0.00000161. The van der Waals surface area contributed by atoms with Crippen LogP contribution in [0.1, 0.15) is 23.3 Å². The minimum Gasteiger partial charge on any atom is -0.336 e. The largest absolute Gasteiger partial charge is 0.336 e. The first-order valence-corrected chi connectivity index (χ1v) is 7.03. The van der Waals surface area contributed by atoms with Crippen molar-refractivity contribution >= 4 is 29.2 Å². The van der Waals surface area contributed by atoms with E-state index in [2.05, 4.69) is 4.98 Å². The lowest BCUT2D eigenvalue weighted by Crippen LogP contribution is -2.43. The van der Waals surface area contributed by atoms with Crippen LogP contribution in [0, 0.1) is 5.92 Å². The predicted molar refractivity (Wildman–Crippen MR) is 86.7 cm³/mol. The molecule has 1 heterocycles. The second-order valence-corrected chi connectivity index (χ2v) is 5.45. The zero-order valence-electron chi connectivity index (χ0n) is 12.0. The summed E-state index contributed by atoms with van der Waals surface area (Å²) in [5, 5.41) is 1.05. The number of para-hydroxylation sites is 1. The van der Waals surface area contributed by atoms with Crippen molar-refractivity contribution in [3.63, 3.8) is 0 Å². The monoisotopic (exact) mass is 305 g/mol. The number of benzene rings is 1. The van der Waals surface area contributed by atoms with Gasteiger partial charge in [0.25, 0.3) is 5.91 Å². The fourth-order valence-electron chi connectivity index (χ4n) is 2.66. The van der Waals surface area contributed by atoms with Gasteiger partial charge in [-0.05, 0) is 30.9 Å². The Hall–Kier alpha value is -1.65. The molecule has 1 aliphatic carbocycles. The minimum absolute atomic E-state index is 0. The fourth-order valence-corrected chi connectivity index (χ4v) is 2.66. The van der Waals surface area contributed by atoms with Crippen LogP contribution in [-0.4, -0.2) is 35.4 Å². The molecule has 1 atom stereocenters. The molecule has 3 rings (SSSR count). The molecular formula is C16H20ClN3O. The molecule has 1 fully saturated rings. The van der Waals surface area contributed by atoms with Crippen molar-refractivity contribution in [1.82, 2.24) is 9.88 Å². The van der Waals surface area contributed by atoms with E-state index in [4.69, 9.17) is 5.73 Å². The standard InChI is InChI=1S/C16H19N3O.ClH/c1-19(15(10-17)12-6-7-12)16(20)14-9-8-11-4-2-3-5-13(11)18-14;/h2-5,8-9,12,15H,6-7,10,17H2,1H3;1H. The van der Waals surface area contributed by atoms with E-state index >= 15 is 0 Å². The maximum absolute atomic E-state index is 12.5. The summed E-state index contributed by atoms with van der Waals surface area (Å²) in [6, 6.07) is 11.7. The number of halogens is 1. The lowest BCUT2D eigenvalue weighted by molar-refractivity contribution is 0.0713. The highest BCUT2D eigenvalue weighted by Crippen LogP contribution is 2.34. The molecule has 4 nitrogen and oxygen atoms in total. The van der Waals surface area contributed by atoms with Crippen LogP contribution in [0.5, 0.6) is 0 Å². The van der Waals surface area contributed by atoms with Crippen LogP contribution in [0.2, 0.25) is 0 Å². The molecule has 1 unspecified atom stereocenters. The quantitative estimate of drug-likeness (QED) is 0.944. The van der Waals surface area contributed by atoms with Crippen LogP contribution in [0.15, 0.2) is 36.4 Å². The number of hydrogen-bond acceptors (Lipinski definition) is 3. The topological polar surface area (TPSA) is 59.2 Å². The Labute approximate surface area is 130 Å². The van der Waals surface area contributed by atoms with E-state index in [1.165, 1.54) is 12.8 Å². The van der Waals surface area contributed by atoms with Crippen molar-refractivity contribution in [2.45, 2.75) is 18.9 Å². The molecular weight excluding hydrogens is 286 g/mol. The maximum Gasteiger partial charge on any atom is 0.272 e. The van der Waals surface area contributed by atoms with Crippen LogP contribution < -0.4 is 5.73 Å². The molecule has 1 aromatic carbocycles. The Morgan fingerprint density at radius 1 is 1.33 bits per heavy atom. The number of pyridine rings is 1. The summed E-state index contributed by atoms with van der Waals surface area (Å²) in [6.07, 6.45) is 2.34. The average molecular weight is 306 g/mol. The third-order valence-corrected chi connectivity index (χ3v) is 4.04. The van der Waals surface area contributed by atoms with Gasteiger partial charge in [0.15, 0.2) is 0 Å². The third-order valence-electron chi connectivity index (χ3n) is 4.04. The number of fused-ring (bicyclic) bond motifs is 1. The fraction of sp³-hybridized carbons (Fsp3) is 0.375. The van der Waals surface area contributed by atoms with Crippen molar-refractivity contribution in [1.29, 1.82) is 0 Å². The van der Waals surface area contributed by atoms with Crippen LogP contribution in [0.25, 0.3) is 10.9 Å². The molecule has 5 heteroatoms. The summed E-state index contributed by atoms with van der Waals surface area (Å²) in [6.45, 7) is 0.514. The van der Waals surface area contributed by atoms with Crippen LogP contribution in [0.4, 0.5) is 0 Å². The first-order valence-electron chi connectivity index (χ1n) is 7.03. The Morgan fingerprint density at radius 3 is 2.71 bits per heavy atom. The highest BCUT2D eigenvalue weighted by molar-refractivity contribution is 5.95. The van der Waals surface area contributed by atoms with Gasteiger partial charge in [0, 0.05) is 25.0 Å². The molecule has 0 radical (unpaired) electrons. The number of nitrogens with two attached hydrogens (primary N) is 1. The molecule has 112 valence electrons. The van der Waals surface area contributed by atoms with Gasteiger partial charge < -0.3 is 10.6 Å². The van der Waals surface area contributed by atoms with Crippen LogP contribution in [-0.2, 0) is 0 Å². The summed E-state index contributed by atoms with van der Waals surface area (Å²) in [7, 11) is 1.83. The number of hydrogen-bond donors (Lipinski definition) is 1. The first-order chi connectivity index (χ1) is 9.70. The molecule has 0 bridgehead atoms. The highest BCUT2D eigenvalue weighted by Gasteiger charge is 2.35. The minimum atomic E-state index is -0.0434. The maximum atomic E-state index is 12.5. The molecule has 2 aromatic rings. The Morgan fingerprint density at radius 2 is 2.05 bits per heavy atom. The third kappa shape index (κ3) is 3.17. The number of carbonyl (C=O) groups is 1. The van der Waals surface area contributed by atoms with Crippen molar-refractivity contribution in [2.24, 2.45) is 11.7 Å². The number of rotatable bonds is 4. The zero-order valence-corrected chi connectivity index (χ0v) is 12.8. The van der Waals surface area contributed by atoms with Gasteiger partial charge in [0.2, 0.25) is 0 Å². The predicted octanol–water partition coefficient (Wildman–Crippen LogP) is 2.47. The number of carbonyl (C=O) groups excluding carboxylic acids is 1. The molecule has 0 aliphatic heterocycles. The number of nitrogens with zero attached hydrogens (tertiary/aromatic N) is 2. The van der Waals surface area contributed by atoms with Crippen molar-refractivity contribution < 1.29 is 4.79 Å². The van der Waals surface area contributed by atoms with E-state index in [0.29, 0.717) is 18.2 Å². The van der Waals surface area contributed by atoms with Crippen LogP contribution in [0.3, 0.4) is 0 Å². The molecule has 21 heavy (non-hydrogen) atoms. The second kappa shape index (κ2) is 6.41. The van der Waals surface area contributed by atoms with Gasteiger partial charge in [-0.25, -0.2) is 4.98 Å². The molecule has 0 saturated heterocycles. The second-order valence-electron chi connectivity index (χ2n) is 5.45. The van der Waals surface area contributed by atoms with Crippen molar-refractivity contribution in [3.05, 3.63) is 42.1 Å². The number of amides is 1. The number of aromatic nitrogens is 1. The Bertz CT molecular complexity index is 642. The normalized spacial score (nSPS) is 15.3. The van der Waals surface area contributed by atoms with E-state index < -0.39 is 0 Å². The molecule has 1 amide bonds. The number of likely N-dealkylation sites (N-methyl/N-ethyl adjacent to an activating group) is 1. The van der Waals surface area contributed by atoms with E-state index in [0.717, 1.165) is 10.9 Å². The smallest absolute Gasteiger partial charge is 0.272 e. The molecule has 0 spiro atoms.